The van der Waals surface area contributed by atoms with E-state index in [0.717, 1.165) is 27.0 Å². The Morgan fingerprint density at radius 3 is 2.86 bits per heavy atom. The fourth-order valence-electron chi connectivity index (χ4n) is 1.93. The van der Waals surface area contributed by atoms with Gasteiger partial charge in [0.05, 0.1) is 5.69 Å². The molecule has 1 aliphatic heterocycles. The number of fused-ring (bicyclic) bond motifs is 2. The van der Waals surface area contributed by atoms with Gasteiger partial charge in [-0.15, -0.1) is 0 Å². The van der Waals surface area contributed by atoms with Gasteiger partial charge in [0.25, 0.3) is 0 Å². The van der Waals surface area contributed by atoms with Crippen molar-refractivity contribution in [3.05, 3.63) is 42.2 Å². The molecular weight excluding hydrogens is 298 g/mol. The first-order valence-corrected chi connectivity index (χ1v) is 7.60. The molecule has 0 spiro atoms. The number of ketones is 1. The summed E-state index contributed by atoms with van der Waals surface area (Å²) in [5, 5.41) is 13.7. The van der Waals surface area contributed by atoms with Gasteiger partial charge in [-0.05, 0) is 37.6 Å². The lowest BCUT2D eigenvalue weighted by atomic mass is 10.0. The van der Waals surface area contributed by atoms with E-state index in [1.165, 1.54) is 19.9 Å². The Kier molecular flexibility index (Phi) is 3.72. The van der Waals surface area contributed by atoms with E-state index < -0.39 is 5.60 Å². The van der Waals surface area contributed by atoms with Crippen molar-refractivity contribution in [1.29, 1.82) is 0 Å². The molecule has 1 aromatic heterocycles. The molecule has 0 atom stereocenters. The van der Waals surface area contributed by atoms with Crippen LogP contribution in [0.5, 0.6) is 0 Å². The Labute approximate surface area is 132 Å². The standard InChI is InChI=1S/C16H15N3O2S/c1-16(2,21)13(20)6-4-10-3-5-12-11(9-10)19-14-15(22-12)18-8-7-17-14/h3-9,21H,1-2H3,(H,17,19)/b6-4+. The third-order valence-corrected chi connectivity index (χ3v) is 4.23. The Hall–Kier alpha value is -2.18. The molecule has 0 aliphatic carbocycles. The third-order valence-electron chi connectivity index (χ3n) is 3.16. The molecule has 0 saturated carbocycles. The van der Waals surface area contributed by atoms with Crippen LogP contribution >= 0.6 is 11.8 Å². The predicted octanol–water partition coefficient (Wildman–Crippen LogP) is 3.04. The van der Waals surface area contributed by atoms with Crippen LogP contribution in [0.2, 0.25) is 0 Å². The summed E-state index contributed by atoms with van der Waals surface area (Å²) in [4.78, 5) is 21.3. The highest BCUT2D eigenvalue weighted by atomic mass is 32.2. The van der Waals surface area contributed by atoms with Gasteiger partial charge in [0.1, 0.15) is 10.6 Å². The summed E-state index contributed by atoms with van der Waals surface area (Å²) in [6.45, 7) is 2.95. The minimum absolute atomic E-state index is 0.330. The molecule has 0 fully saturated rings. The lowest BCUT2D eigenvalue weighted by Gasteiger charge is -2.18. The first-order valence-electron chi connectivity index (χ1n) is 6.78. The minimum atomic E-state index is -1.35. The van der Waals surface area contributed by atoms with Gasteiger partial charge in [-0.1, -0.05) is 23.9 Å². The number of carbonyl (C=O) groups is 1. The number of nitrogens with zero attached hydrogens (tertiary/aromatic N) is 2. The number of nitrogens with one attached hydrogen (secondary N) is 1. The van der Waals surface area contributed by atoms with E-state index in [1.54, 1.807) is 30.2 Å². The average Bonchev–Trinajstić information content (AvgIpc) is 2.49. The van der Waals surface area contributed by atoms with Crippen molar-refractivity contribution in [2.24, 2.45) is 0 Å². The Morgan fingerprint density at radius 2 is 2.09 bits per heavy atom. The van der Waals surface area contributed by atoms with Crippen molar-refractivity contribution in [2.75, 3.05) is 5.32 Å². The monoisotopic (exact) mass is 313 g/mol. The zero-order valence-corrected chi connectivity index (χ0v) is 13.0. The number of aliphatic hydroxyl groups is 1. The van der Waals surface area contributed by atoms with Gasteiger partial charge in [-0.2, -0.15) is 0 Å². The number of hydrogen-bond acceptors (Lipinski definition) is 6. The van der Waals surface area contributed by atoms with E-state index in [9.17, 15) is 9.90 Å². The molecule has 0 radical (unpaired) electrons. The van der Waals surface area contributed by atoms with Gasteiger partial charge in [0.15, 0.2) is 11.6 Å². The highest BCUT2D eigenvalue weighted by Gasteiger charge is 2.21. The zero-order valence-electron chi connectivity index (χ0n) is 12.2. The maximum absolute atomic E-state index is 11.7. The Morgan fingerprint density at radius 1 is 1.32 bits per heavy atom. The molecule has 6 heteroatoms. The van der Waals surface area contributed by atoms with E-state index >= 15 is 0 Å². The SMILES string of the molecule is CC(C)(O)C(=O)/C=C/c1ccc2c(c1)Nc1nccnc1S2. The normalized spacial score (nSPS) is 13.4. The van der Waals surface area contributed by atoms with Gasteiger partial charge >= 0.3 is 0 Å². The molecule has 3 rings (SSSR count). The van der Waals surface area contributed by atoms with Crippen LogP contribution in [0.4, 0.5) is 11.5 Å². The van der Waals surface area contributed by atoms with Crippen molar-refractivity contribution in [2.45, 2.75) is 29.4 Å². The van der Waals surface area contributed by atoms with Crippen molar-refractivity contribution in [1.82, 2.24) is 9.97 Å². The molecule has 2 aromatic rings. The van der Waals surface area contributed by atoms with Crippen LogP contribution in [0.3, 0.4) is 0 Å². The summed E-state index contributed by atoms with van der Waals surface area (Å²) in [5.74, 6) is 0.400. The summed E-state index contributed by atoms with van der Waals surface area (Å²) in [6, 6.07) is 5.83. The van der Waals surface area contributed by atoms with Gasteiger partial charge in [0, 0.05) is 17.3 Å². The average molecular weight is 313 g/mol. The van der Waals surface area contributed by atoms with Gasteiger partial charge < -0.3 is 10.4 Å². The number of benzene rings is 1. The first kappa shape index (κ1) is 14.7. The number of rotatable bonds is 3. The molecule has 1 aliphatic rings. The summed E-state index contributed by atoms with van der Waals surface area (Å²) in [5.41, 5.74) is 0.445. The molecule has 112 valence electrons. The Balaban J connectivity index is 1.84. The molecule has 1 aromatic carbocycles. The second-order valence-corrected chi connectivity index (χ2v) is 6.48. The van der Waals surface area contributed by atoms with Crippen LogP contribution in [0.15, 0.2) is 46.6 Å². The second kappa shape index (κ2) is 5.55. The van der Waals surface area contributed by atoms with Crippen LogP contribution in [0.25, 0.3) is 6.08 Å². The largest absolute Gasteiger partial charge is 0.382 e. The lowest BCUT2D eigenvalue weighted by molar-refractivity contribution is -0.128. The van der Waals surface area contributed by atoms with Crippen molar-refractivity contribution in [3.8, 4) is 0 Å². The maximum Gasteiger partial charge on any atom is 0.186 e. The summed E-state index contributed by atoms with van der Waals surface area (Å²) in [7, 11) is 0. The fraction of sp³-hybridized carbons (Fsp3) is 0.188. The van der Waals surface area contributed by atoms with Gasteiger partial charge in [-0.25, -0.2) is 9.97 Å². The molecule has 0 bridgehead atoms. The number of hydrogen-bond donors (Lipinski definition) is 2. The molecule has 0 saturated heterocycles. The molecule has 22 heavy (non-hydrogen) atoms. The number of aromatic nitrogens is 2. The van der Waals surface area contributed by atoms with E-state index in [1.807, 2.05) is 18.2 Å². The van der Waals surface area contributed by atoms with Gasteiger partial charge in [0.2, 0.25) is 0 Å². The predicted molar refractivity (Wildman–Crippen MR) is 86.2 cm³/mol. The fourth-order valence-corrected chi connectivity index (χ4v) is 2.81. The third kappa shape index (κ3) is 3.03. The molecule has 2 heterocycles. The molecular formula is C16H15N3O2S. The summed E-state index contributed by atoms with van der Waals surface area (Å²) < 4.78 is 0. The Bertz CT molecular complexity index is 766. The smallest absolute Gasteiger partial charge is 0.186 e. The number of anilines is 2. The lowest BCUT2D eigenvalue weighted by Crippen LogP contribution is -2.29. The first-order chi connectivity index (χ1) is 10.4. The van der Waals surface area contributed by atoms with Crippen LogP contribution in [0, 0.1) is 0 Å². The van der Waals surface area contributed by atoms with Crippen molar-refractivity contribution < 1.29 is 9.90 Å². The van der Waals surface area contributed by atoms with Crippen LogP contribution in [0.1, 0.15) is 19.4 Å². The van der Waals surface area contributed by atoms with Crippen molar-refractivity contribution in [3.63, 3.8) is 0 Å². The van der Waals surface area contributed by atoms with Crippen LogP contribution < -0.4 is 5.32 Å². The maximum atomic E-state index is 11.7. The van der Waals surface area contributed by atoms with E-state index in [0.29, 0.717) is 0 Å². The number of carbonyl (C=O) groups excluding carboxylic acids is 1. The summed E-state index contributed by atoms with van der Waals surface area (Å²) >= 11 is 1.55. The molecule has 0 amide bonds. The van der Waals surface area contributed by atoms with Crippen LogP contribution in [-0.2, 0) is 4.79 Å². The van der Waals surface area contributed by atoms with E-state index in [4.69, 9.17) is 0 Å². The van der Waals surface area contributed by atoms with E-state index in [-0.39, 0.29) is 5.78 Å². The highest BCUT2D eigenvalue weighted by molar-refractivity contribution is 7.99. The van der Waals surface area contributed by atoms with E-state index in [2.05, 4.69) is 15.3 Å². The summed E-state index contributed by atoms with van der Waals surface area (Å²) in [6.07, 6.45) is 6.39. The minimum Gasteiger partial charge on any atom is -0.382 e. The highest BCUT2D eigenvalue weighted by Crippen LogP contribution is 2.42. The topological polar surface area (TPSA) is 75.1 Å². The quantitative estimate of drug-likeness (QED) is 0.724. The molecule has 5 nitrogen and oxygen atoms in total. The van der Waals surface area contributed by atoms with Crippen molar-refractivity contribution >= 4 is 35.1 Å². The second-order valence-electron chi connectivity index (χ2n) is 5.45. The zero-order chi connectivity index (χ0) is 15.7. The molecule has 0 unspecified atom stereocenters. The van der Waals surface area contributed by atoms with Gasteiger partial charge in [-0.3, -0.25) is 4.79 Å². The molecule has 2 N–H and O–H groups in total. The van der Waals surface area contributed by atoms with Crippen LogP contribution in [-0.4, -0.2) is 26.5 Å².